The van der Waals surface area contributed by atoms with Gasteiger partial charge in [-0.05, 0) is 25.0 Å². The molecule has 0 bridgehead atoms. The first-order valence-corrected chi connectivity index (χ1v) is 5.45. The summed E-state index contributed by atoms with van der Waals surface area (Å²) < 4.78 is 38.2. The molecule has 0 unspecified atom stereocenters. The second kappa shape index (κ2) is 4.39. The Labute approximate surface area is 97.0 Å². The highest BCUT2D eigenvalue weighted by atomic mass is 19.4. The van der Waals surface area contributed by atoms with Crippen LogP contribution in [0.4, 0.5) is 13.2 Å². The second-order valence-electron chi connectivity index (χ2n) is 4.04. The van der Waals surface area contributed by atoms with Crippen LogP contribution in [0.25, 0.3) is 0 Å². The number of hydrogen-bond acceptors (Lipinski definition) is 1. The van der Waals surface area contributed by atoms with E-state index in [1.54, 1.807) is 0 Å². The van der Waals surface area contributed by atoms with Crippen LogP contribution in [0, 0.1) is 0 Å². The standard InChI is InChI=1S/C12H12F3NO/c13-12(14,15)10-6-2-1-5-9(10)11(17)16-7-3-4-8-16/h1-2,5-6H,3-4,7-8H2. The lowest BCUT2D eigenvalue weighted by Gasteiger charge is -2.18. The van der Waals surface area contributed by atoms with E-state index in [0.717, 1.165) is 18.9 Å². The van der Waals surface area contributed by atoms with Crippen LogP contribution in [-0.2, 0) is 6.18 Å². The first-order valence-electron chi connectivity index (χ1n) is 5.45. The molecular formula is C12H12F3NO. The molecule has 0 aliphatic carbocycles. The van der Waals surface area contributed by atoms with Crippen molar-refractivity contribution in [2.24, 2.45) is 0 Å². The Hall–Kier alpha value is -1.52. The molecule has 17 heavy (non-hydrogen) atoms. The quantitative estimate of drug-likeness (QED) is 0.742. The maximum atomic E-state index is 12.7. The van der Waals surface area contributed by atoms with Crippen LogP contribution >= 0.6 is 0 Å². The van der Waals surface area contributed by atoms with Crippen molar-refractivity contribution in [2.45, 2.75) is 19.0 Å². The van der Waals surface area contributed by atoms with Gasteiger partial charge in [-0.2, -0.15) is 13.2 Å². The van der Waals surface area contributed by atoms with E-state index in [9.17, 15) is 18.0 Å². The number of alkyl halides is 3. The third-order valence-corrected chi connectivity index (χ3v) is 2.86. The number of carbonyl (C=O) groups is 1. The topological polar surface area (TPSA) is 20.3 Å². The Morgan fingerprint density at radius 3 is 2.29 bits per heavy atom. The zero-order valence-corrected chi connectivity index (χ0v) is 9.13. The van der Waals surface area contributed by atoms with Gasteiger partial charge in [0.05, 0.1) is 11.1 Å². The summed E-state index contributed by atoms with van der Waals surface area (Å²) in [4.78, 5) is 13.4. The molecule has 1 heterocycles. The molecule has 0 saturated carbocycles. The molecule has 0 radical (unpaired) electrons. The Bertz CT molecular complexity index is 422. The van der Waals surface area contributed by atoms with Gasteiger partial charge in [-0.25, -0.2) is 0 Å². The van der Waals surface area contributed by atoms with Crippen LogP contribution in [-0.4, -0.2) is 23.9 Å². The van der Waals surface area contributed by atoms with Crippen molar-refractivity contribution in [3.63, 3.8) is 0 Å². The van der Waals surface area contributed by atoms with Crippen LogP contribution in [0.3, 0.4) is 0 Å². The van der Waals surface area contributed by atoms with Crippen LogP contribution in [0.5, 0.6) is 0 Å². The van der Waals surface area contributed by atoms with Crippen LogP contribution < -0.4 is 0 Å². The van der Waals surface area contributed by atoms with Gasteiger partial charge in [-0.15, -0.1) is 0 Å². The minimum atomic E-state index is -4.48. The van der Waals surface area contributed by atoms with Crippen LogP contribution in [0.1, 0.15) is 28.8 Å². The van der Waals surface area contributed by atoms with E-state index in [-0.39, 0.29) is 5.56 Å². The Morgan fingerprint density at radius 2 is 1.71 bits per heavy atom. The molecule has 5 heteroatoms. The third-order valence-electron chi connectivity index (χ3n) is 2.86. The Morgan fingerprint density at radius 1 is 1.12 bits per heavy atom. The van der Waals surface area contributed by atoms with E-state index >= 15 is 0 Å². The van der Waals surface area contributed by atoms with Gasteiger partial charge in [0, 0.05) is 13.1 Å². The van der Waals surface area contributed by atoms with Crippen molar-refractivity contribution in [1.82, 2.24) is 4.90 Å². The van der Waals surface area contributed by atoms with Crippen LogP contribution in [0.15, 0.2) is 24.3 Å². The number of amides is 1. The van der Waals surface area contributed by atoms with Gasteiger partial charge >= 0.3 is 6.18 Å². The monoisotopic (exact) mass is 243 g/mol. The van der Waals surface area contributed by atoms with Gasteiger partial charge in [-0.1, -0.05) is 12.1 Å². The third kappa shape index (κ3) is 2.43. The molecule has 1 aliphatic rings. The molecule has 1 fully saturated rings. The molecule has 0 spiro atoms. The minimum Gasteiger partial charge on any atom is -0.339 e. The van der Waals surface area contributed by atoms with Gasteiger partial charge in [0.2, 0.25) is 0 Å². The molecule has 2 nitrogen and oxygen atoms in total. The average molecular weight is 243 g/mol. The summed E-state index contributed by atoms with van der Waals surface area (Å²) in [5, 5.41) is 0. The number of halogens is 3. The minimum absolute atomic E-state index is 0.248. The Balaban J connectivity index is 2.34. The van der Waals surface area contributed by atoms with Crippen molar-refractivity contribution in [3.05, 3.63) is 35.4 Å². The van der Waals surface area contributed by atoms with Crippen molar-refractivity contribution < 1.29 is 18.0 Å². The van der Waals surface area contributed by atoms with Crippen molar-refractivity contribution >= 4 is 5.91 Å². The van der Waals surface area contributed by atoms with Crippen molar-refractivity contribution in [2.75, 3.05) is 13.1 Å². The van der Waals surface area contributed by atoms with Gasteiger partial charge in [0.25, 0.3) is 5.91 Å². The van der Waals surface area contributed by atoms with Gasteiger partial charge in [-0.3, -0.25) is 4.79 Å². The number of likely N-dealkylation sites (tertiary alicyclic amines) is 1. The number of nitrogens with zero attached hydrogens (tertiary/aromatic N) is 1. The molecule has 92 valence electrons. The predicted molar refractivity (Wildman–Crippen MR) is 56.6 cm³/mol. The summed E-state index contributed by atoms with van der Waals surface area (Å²) in [6, 6.07) is 4.94. The molecule has 0 atom stereocenters. The number of rotatable bonds is 1. The second-order valence-corrected chi connectivity index (χ2v) is 4.04. The lowest BCUT2D eigenvalue weighted by molar-refractivity contribution is -0.138. The molecule has 0 N–H and O–H groups in total. The summed E-state index contributed by atoms with van der Waals surface area (Å²) in [7, 11) is 0. The molecule has 0 aromatic heterocycles. The maximum Gasteiger partial charge on any atom is 0.417 e. The molecule has 1 aromatic carbocycles. The van der Waals surface area contributed by atoms with Gasteiger partial charge in [0.1, 0.15) is 0 Å². The van der Waals surface area contributed by atoms with Gasteiger partial charge in [0.15, 0.2) is 0 Å². The molecule has 2 rings (SSSR count). The van der Waals surface area contributed by atoms with E-state index in [1.807, 2.05) is 0 Å². The summed E-state index contributed by atoms with van der Waals surface area (Å²) in [6.45, 7) is 1.09. The predicted octanol–water partition coefficient (Wildman–Crippen LogP) is 2.94. The average Bonchev–Trinajstić information content (AvgIpc) is 2.80. The summed E-state index contributed by atoms with van der Waals surface area (Å²) in [6.07, 6.45) is -2.76. The molecule has 1 amide bonds. The fourth-order valence-corrected chi connectivity index (χ4v) is 2.01. The summed E-state index contributed by atoms with van der Waals surface area (Å²) in [5.41, 5.74) is -1.10. The van der Waals surface area contributed by atoms with Gasteiger partial charge < -0.3 is 4.90 Å². The first kappa shape index (κ1) is 12.0. The van der Waals surface area contributed by atoms with E-state index < -0.39 is 17.6 Å². The SMILES string of the molecule is O=C(c1ccccc1C(F)(F)F)N1CCCC1. The smallest absolute Gasteiger partial charge is 0.339 e. The van der Waals surface area contributed by atoms with Crippen LogP contribution in [0.2, 0.25) is 0 Å². The lowest BCUT2D eigenvalue weighted by atomic mass is 10.1. The number of carbonyl (C=O) groups excluding carboxylic acids is 1. The molecule has 1 aromatic rings. The first-order chi connectivity index (χ1) is 8.00. The summed E-state index contributed by atoms with van der Waals surface area (Å²) >= 11 is 0. The molecule has 1 saturated heterocycles. The van der Waals surface area contributed by atoms with E-state index in [1.165, 1.54) is 23.1 Å². The highest BCUT2D eigenvalue weighted by molar-refractivity contribution is 5.96. The van der Waals surface area contributed by atoms with E-state index in [0.29, 0.717) is 13.1 Å². The number of hydrogen-bond donors (Lipinski definition) is 0. The normalized spacial score (nSPS) is 16.3. The lowest BCUT2D eigenvalue weighted by Crippen LogP contribution is -2.29. The van der Waals surface area contributed by atoms with Crippen molar-refractivity contribution in [1.29, 1.82) is 0 Å². The Kier molecular flexibility index (Phi) is 3.09. The zero-order valence-electron chi connectivity index (χ0n) is 9.13. The van der Waals surface area contributed by atoms with E-state index in [2.05, 4.69) is 0 Å². The molecular weight excluding hydrogens is 231 g/mol. The fraction of sp³-hybridized carbons (Fsp3) is 0.417. The maximum absolute atomic E-state index is 12.7. The zero-order chi connectivity index (χ0) is 12.5. The fourth-order valence-electron chi connectivity index (χ4n) is 2.01. The summed E-state index contributed by atoms with van der Waals surface area (Å²) in [5.74, 6) is -0.518. The molecule has 1 aliphatic heterocycles. The largest absolute Gasteiger partial charge is 0.417 e. The van der Waals surface area contributed by atoms with Crippen molar-refractivity contribution in [3.8, 4) is 0 Å². The highest BCUT2D eigenvalue weighted by Gasteiger charge is 2.36. The van der Waals surface area contributed by atoms with E-state index in [4.69, 9.17) is 0 Å². The highest BCUT2D eigenvalue weighted by Crippen LogP contribution is 2.32. The number of benzene rings is 1.